The molecule has 7 nitrogen and oxygen atoms in total. The van der Waals surface area contributed by atoms with Crippen molar-refractivity contribution in [2.24, 2.45) is 0 Å². The van der Waals surface area contributed by atoms with Crippen molar-refractivity contribution in [3.63, 3.8) is 0 Å². The maximum atomic E-state index is 13.8. The number of carbonyl (C=O) groups is 2. The Morgan fingerprint density at radius 3 is 2.69 bits per heavy atom. The number of rotatable bonds is 2. The van der Waals surface area contributed by atoms with Crippen molar-refractivity contribution < 1.29 is 23.5 Å². The molecule has 0 spiro atoms. The lowest BCUT2D eigenvalue weighted by molar-refractivity contribution is 0.0288. The van der Waals surface area contributed by atoms with Gasteiger partial charge in [0.25, 0.3) is 0 Å². The minimum atomic E-state index is -0.637. The fourth-order valence-corrected chi connectivity index (χ4v) is 3.02. The number of hydrogen-bond acceptors (Lipinski definition) is 5. The Bertz CT molecular complexity index is 856. The molecule has 0 bridgehead atoms. The van der Waals surface area contributed by atoms with Crippen molar-refractivity contribution >= 4 is 23.0 Å². The van der Waals surface area contributed by atoms with Gasteiger partial charge in [0.05, 0.1) is 18.7 Å². The molecular weight excluding hydrogens is 341 g/mol. The molecule has 1 aliphatic heterocycles. The summed E-state index contributed by atoms with van der Waals surface area (Å²) in [6.07, 6.45) is 2.02. The summed E-state index contributed by atoms with van der Waals surface area (Å²) in [6.45, 7) is 6.46. The summed E-state index contributed by atoms with van der Waals surface area (Å²) < 4.78 is 25.6. The minimum Gasteiger partial charge on any atom is -0.465 e. The molecule has 0 saturated carbocycles. The first-order chi connectivity index (χ1) is 12.2. The van der Waals surface area contributed by atoms with E-state index in [1.165, 1.54) is 13.2 Å². The van der Waals surface area contributed by atoms with Gasteiger partial charge >= 0.3 is 12.1 Å². The smallest absolute Gasteiger partial charge is 0.410 e. The van der Waals surface area contributed by atoms with Crippen LogP contribution in [-0.2, 0) is 9.47 Å². The highest BCUT2D eigenvalue weighted by atomic mass is 19.1. The molecule has 1 unspecified atom stereocenters. The largest absolute Gasteiger partial charge is 0.465 e. The topological polar surface area (TPSA) is 73.7 Å². The molecule has 1 saturated heterocycles. The molecule has 8 heteroatoms. The van der Waals surface area contributed by atoms with Crippen molar-refractivity contribution in [1.82, 2.24) is 14.7 Å². The normalized spacial score (nSPS) is 17.6. The standard InChI is InChI=1S/C18H22FN3O4/c1-18(2,3)26-17(24)21-6-5-13(10-21)22-9-11-7-12(19)8-14(15(11)20-22)16(23)25-4/h7-9,13H,5-6,10H2,1-4H3. The van der Waals surface area contributed by atoms with Gasteiger partial charge in [0, 0.05) is 24.7 Å². The SMILES string of the molecule is COC(=O)c1cc(F)cc2cn(C3CCN(C(=O)OC(C)(C)C)C3)nc12. The summed E-state index contributed by atoms with van der Waals surface area (Å²) in [6, 6.07) is 2.38. The van der Waals surface area contributed by atoms with Crippen LogP contribution < -0.4 is 0 Å². The van der Waals surface area contributed by atoms with Crippen LogP contribution in [-0.4, -0.2) is 52.5 Å². The van der Waals surface area contributed by atoms with Gasteiger partial charge in [-0.2, -0.15) is 5.10 Å². The number of fused-ring (bicyclic) bond motifs is 1. The zero-order valence-electron chi connectivity index (χ0n) is 15.3. The molecule has 0 N–H and O–H groups in total. The van der Waals surface area contributed by atoms with Crippen LogP contribution in [0.5, 0.6) is 0 Å². The first-order valence-corrected chi connectivity index (χ1v) is 8.42. The maximum Gasteiger partial charge on any atom is 0.410 e. The molecule has 0 radical (unpaired) electrons. The zero-order valence-corrected chi connectivity index (χ0v) is 15.3. The van der Waals surface area contributed by atoms with Crippen LogP contribution in [0.25, 0.3) is 10.9 Å². The highest BCUT2D eigenvalue weighted by molar-refractivity contribution is 6.02. The van der Waals surface area contributed by atoms with Crippen LogP contribution in [0.15, 0.2) is 18.3 Å². The second kappa shape index (κ2) is 6.59. The molecule has 26 heavy (non-hydrogen) atoms. The molecule has 2 heterocycles. The van der Waals surface area contributed by atoms with E-state index in [0.717, 1.165) is 6.07 Å². The van der Waals surface area contributed by atoms with Gasteiger partial charge < -0.3 is 14.4 Å². The van der Waals surface area contributed by atoms with Gasteiger partial charge in [-0.25, -0.2) is 14.0 Å². The summed E-state index contributed by atoms with van der Waals surface area (Å²) in [5.41, 5.74) is -0.0834. The summed E-state index contributed by atoms with van der Waals surface area (Å²) >= 11 is 0. The second-order valence-electron chi connectivity index (χ2n) is 7.36. The summed E-state index contributed by atoms with van der Waals surface area (Å²) in [5.74, 6) is -1.17. The first kappa shape index (κ1) is 18.2. The molecular formula is C18H22FN3O4. The Balaban J connectivity index is 1.84. The van der Waals surface area contributed by atoms with Gasteiger partial charge in [-0.3, -0.25) is 4.68 Å². The molecule has 1 amide bonds. The Morgan fingerprint density at radius 1 is 1.31 bits per heavy atom. The Hall–Kier alpha value is -2.64. The molecule has 140 valence electrons. The van der Waals surface area contributed by atoms with E-state index in [4.69, 9.17) is 9.47 Å². The van der Waals surface area contributed by atoms with Crippen molar-refractivity contribution in [2.45, 2.75) is 38.8 Å². The number of likely N-dealkylation sites (tertiary alicyclic amines) is 1. The molecule has 2 aromatic rings. The van der Waals surface area contributed by atoms with Crippen LogP contribution >= 0.6 is 0 Å². The van der Waals surface area contributed by atoms with Gasteiger partial charge in [-0.1, -0.05) is 0 Å². The van der Waals surface area contributed by atoms with Gasteiger partial charge in [-0.05, 0) is 39.3 Å². The predicted molar refractivity (Wildman–Crippen MR) is 92.5 cm³/mol. The van der Waals surface area contributed by atoms with E-state index < -0.39 is 17.4 Å². The average molecular weight is 363 g/mol. The van der Waals surface area contributed by atoms with Crippen LogP contribution in [0, 0.1) is 5.82 Å². The molecule has 1 atom stereocenters. The van der Waals surface area contributed by atoms with Gasteiger partial charge in [0.2, 0.25) is 0 Å². The zero-order chi connectivity index (χ0) is 19.1. The summed E-state index contributed by atoms with van der Waals surface area (Å²) in [4.78, 5) is 25.7. The minimum absolute atomic E-state index is 0.0662. The van der Waals surface area contributed by atoms with E-state index in [1.54, 1.807) is 15.8 Å². The number of carbonyl (C=O) groups excluding carboxylic acids is 2. The maximum absolute atomic E-state index is 13.8. The van der Waals surface area contributed by atoms with Crippen LogP contribution in [0.4, 0.5) is 9.18 Å². The Kier molecular flexibility index (Phi) is 4.60. The van der Waals surface area contributed by atoms with Crippen LogP contribution in [0.3, 0.4) is 0 Å². The van der Waals surface area contributed by atoms with Crippen molar-refractivity contribution in [1.29, 1.82) is 0 Å². The Labute approximate surface area is 150 Å². The highest BCUT2D eigenvalue weighted by Gasteiger charge is 2.31. The number of esters is 1. The fourth-order valence-electron chi connectivity index (χ4n) is 3.02. The van der Waals surface area contributed by atoms with Crippen molar-refractivity contribution in [3.8, 4) is 0 Å². The molecule has 1 aromatic carbocycles. The highest BCUT2D eigenvalue weighted by Crippen LogP contribution is 2.27. The number of aromatic nitrogens is 2. The second-order valence-corrected chi connectivity index (χ2v) is 7.36. The van der Waals surface area contributed by atoms with E-state index in [9.17, 15) is 14.0 Å². The van der Waals surface area contributed by atoms with E-state index in [0.29, 0.717) is 30.4 Å². The Morgan fingerprint density at radius 2 is 2.04 bits per heavy atom. The third kappa shape index (κ3) is 3.63. The summed E-state index contributed by atoms with van der Waals surface area (Å²) in [7, 11) is 1.24. The van der Waals surface area contributed by atoms with Crippen molar-refractivity contribution in [2.75, 3.05) is 20.2 Å². The number of methoxy groups -OCH3 is 1. The predicted octanol–water partition coefficient (Wildman–Crippen LogP) is 3.14. The summed E-state index contributed by atoms with van der Waals surface area (Å²) in [5, 5.41) is 4.96. The van der Waals surface area contributed by atoms with E-state index in [-0.39, 0.29) is 17.7 Å². The molecule has 0 aliphatic carbocycles. The molecule has 1 aliphatic rings. The average Bonchev–Trinajstić information content (AvgIpc) is 3.17. The first-order valence-electron chi connectivity index (χ1n) is 8.42. The third-order valence-corrected chi connectivity index (χ3v) is 4.19. The van der Waals surface area contributed by atoms with E-state index in [2.05, 4.69) is 5.10 Å². The monoisotopic (exact) mass is 363 g/mol. The van der Waals surface area contributed by atoms with E-state index in [1.807, 2.05) is 20.8 Å². The van der Waals surface area contributed by atoms with Gasteiger partial charge in [0.15, 0.2) is 0 Å². The molecule has 1 aromatic heterocycles. The van der Waals surface area contributed by atoms with Crippen molar-refractivity contribution in [3.05, 3.63) is 29.7 Å². The molecule has 1 fully saturated rings. The fraction of sp³-hybridized carbons (Fsp3) is 0.500. The number of nitrogens with zero attached hydrogens (tertiary/aromatic N) is 3. The lowest BCUT2D eigenvalue weighted by Gasteiger charge is -2.24. The van der Waals surface area contributed by atoms with Crippen LogP contribution in [0.2, 0.25) is 0 Å². The quantitative estimate of drug-likeness (QED) is 0.767. The number of halogens is 1. The van der Waals surface area contributed by atoms with Gasteiger partial charge in [0.1, 0.15) is 16.9 Å². The number of benzene rings is 1. The number of hydrogen-bond donors (Lipinski definition) is 0. The number of amides is 1. The third-order valence-electron chi connectivity index (χ3n) is 4.19. The lowest BCUT2D eigenvalue weighted by atomic mass is 10.1. The molecule has 3 rings (SSSR count). The lowest BCUT2D eigenvalue weighted by Crippen LogP contribution is -2.35. The van der Waals surface area contributed by atoms with Gasteiger partial charge in [-0.15, -0.1) is 0 Å². The number of ether oxygens (including phenoxy) is 2. The van der Waals surface area contributed by atoms with Crippen LogP contribution in [0.1, 0.15) is 43.6 Å². The van der Waals surface area contributed by atoms with E-state index >= 15 is 0 Å².